The van der Waals surface area contributed by atoms with Crippen LogP contribution in [0.1, 0.15) is 46.3 Å². The fourth-order valence-electron chi connectivity index (χ4n) is 3.07. The van der Waals surface area contributed by atoms with Crippen molar-refractivity contribution in [3.63, 3.8) is 0 Å². The maximum absolute atomic E-state index is 12.7. The Bertz CT molecular complexity index is 830. The van der Waals surface area contributed by atoms with E-state index in [-0.39, 0.29) is 24.2 Å². The van der Waals surface area contributed by atoms with Crippen molar-refractivity contribution in [2.24, 2.45) is 7.05 Å². The summed E-state index contributed by atoms with van der Waals surface area (Å²) in [5.41, 5.74) is -0.111. The smallest absolute Gasteiger partial charge is 0.345 e. The van der Waals surface area contributed by atoms with Gasteiger partial charge in [-0.2, -0.15) is 18.4 Å². The van der Waals surface area contributed by atoms with Gasteiger partial charge in [0.2, 0.25) is 0 Å². The molecule has 1 aliphatic rings. The average molecular weight is 351 g/mol. The molecular formula is C16H16F3N5O. The van der Waals surface area contributed by atoms with Gasteiger partial charge in [-0.1, -0.05) is 0 Å². The van der Waals surface area contributed by atoms with E-state index in [9.17, 15) is 18.0 Å². The van der Waals surface area contributed by atoms with Gasteiger partial charge in [-0.15, -0.1) is 0 Å². The van der Waals surface area contributed by atoms with Gasteiger partial charge >= 0.3 is 6.18 Å². The summed E-state index contributed by atoms with van der Waals surface area (Å²) in [4.78, 5) is 20.4. The maximum atomic E-state index is 12.7. The minimum atomic E-state index is -4.47. The van der Waals surface area contributed by atoms with Crippen LogP contribution in [0.2, 0.25) is 0 Å². The maximum Gasteiger partial charge on any atom is 0.432 e. The molecule has 9 heteroatoms. The molecular weight excluding hydrogens is 335 g/mol. The minimum absolute atomic E-state index is 0.240. The predicted molar refractivity (Wildman–Crippen MR) is 81.6 cm³/mol. The summed E-state index contributed by atoms with van der Waals surface area (Å²) in [7, 11) is 1.68. The number of carbonyl (C=O) groups excluding carboxylic acids is 1. The lowest BCUT2D eigenvalue weighted by Gasteiger charge is -2.32. The van der Waals surface area contributed by atoms with Crippen LogP contribution in [0.5, 0.6) is 0 Å². The molecule has 0 radical (unpaired) electrons. The Morgan fingerprint density at radius 1 is 1.48 bits per heavy atom. The number of hydrogen-bond acceptors (Lipinski definition) is 3. The Morgan fingerprint density at radius 3 is 2.84 bits per heavy atom. The molecule has 0 saturated carbocycles. The van der Waals surface area contributed by atoms with Crippen LogP contribution in [0.3, 0.4) is 0 Å². The number of imidazole rings is 1. The van der Waals surface area contributed by atoms with Crippen molar-refractivity contribution >= 4 is 5.91 Å². The summed E-state index contributed by atoms with van der Waals surface area (Å²) in [6.07, 6.45) is -0.783. The van der Waals surface area contributed by atoms with Crippen LogP contribution in [-0.2, 0) is 13.2 Å². The number of piperidine rings is 1. The molecule has 1 saturated heterocycles. The number of likely N-dealkylation sites (tertiary alicyclic amines) is 1. The summed E-state index contributed by atoms with van der Waals surface area (Å²) in [6, 6.07) is 3.50. The van der Waals surface area contributed by atoms with Gasteiger partial charge in [-0.3, -0.25) is 4.79 Å². The highest BCUT2D eigenvalue weighted by molar-refractivity contribution is 5.93. The molecule has 3 heterocycles. The van der Waals surface area contributed by atoms with E-state index in [0.29, 0.717) is 30.6 Å². The van der Waals surface area contributed by atoms with Crippen molar-refractivity contribution < 1.29 is 18.0 Å². The van der Waals surface area contributed by atoms with E-state index in [1.54, 1.807) is 22.7 Å². The molecule has 3 rings (SSSR count). The third-order valence-corrected chi connectivity index (χ3v) is 4.35. The van der Waals surface area contributed by atoms with Crippen LogP contribution in [0, 0.1) is 11.3 Å². The summed E-state index contributed by atoms with van der Waals surface area (Å²) in [6.45, 7) is 0.811. The molecule has 0 aromatic carbocycles. The molecule has 6 nitrogen and oxygen atoms in total. The van der Waals surface area contributed by atoms with Crippen LogP contribution in [0.15, 0.2) is 18.5 Å². The minimum Gasteiger partial charge on any atom is -0.345 e. The molecule has 25 heavy (non-hydrogen) atoms. The average Bonchev–Trinajstić information content (AvgIpc) is 3.21. The molecule has 0 bridgehead atoms. The number of aromatic nitrogens is 3. The number of amides is 1. The normalized spacial score (nSPS) is 18.2. The fraction of sp³-hybridized carbons (Fsp3) is 0.438. The van der Waals surface area contributed by atoms with Crippen molar-refractivity contribution in [3.05, 3.63) is 41.2 Å². The lowest BCUT2D eigenvalue weighted by Crippen LogP contribution is -2.40. The number of halogens is 3. The standard InChI is InChI=1S/C16H16F3N5O/c1-23-8-10(6-20)5-12(23)15(25)24-4-2-3-11(9-24)14-21-7-13(22-14)16(17,18)19/h5,7-8,11H,2-4,9H2,1H3,(H,21,22)/t11-/m1/s1. The number of alkyl halides is 3. The summed E-state index contributed by atoms with van der Waals surface area (Å²) < 4.78 is 39.7. The van der Waals surface area contributed by atoms with Crippen molar-refractivity contribution in [1.29, 1.82) is 5.26 Å². The lowest BCUT2D eigenvalue weighted by molar-refractivity contribution is -0.141. The van der Waals surface area contributed by atoms with Crippen LogP contribution in [-0.4, -0.2) is 38.4 Å². The summed E-state index contributed by atoms with van der Waals surface area (Å²) in [5.74, 6) is -0.268. The highest BCUT2D eigenvalue weighted by Crippen LogP contribution is 2.31. The molecule has 0 spiro atoms. The monoisotopic (exact) mass is 351 g/mol. The quantitative estimate of drug-likeness (QED) is 0.904. The Balaban J connectivity index is 1.77. The summed E-state index contributed by atoms with van der Waals surface area (Å²) in [5, 5.41) is 8.93. The Kier molecular flexibility index (Phi) is 4.29. The molecule has 1 aliphatic heterocycles. The number of H-pyrrole nitrogens is 1. The number of nitrogens with zero attached hydrogens (tertiary/aromatic N) is 4. The molecule has 1 fully saturated rings. The van der Waals surface area contributed by atoms with E-state index in [2.05, 4.69) is 9.97 Å². The van der Waals surface area contributed by atoms with Crippen molar-refractivity contribution in [2.75, 3.05) is 13.1 Å². The van der Waals surface area contributed by atoms with Crippen LogP contribution in [0.4, 0.5) is 13.2 Å². The first kappa shape index (κ1) is 17.1. The lowest BCUT2D eigenvalue weighted by atomic mass is 9.97. The second-order valence-corrected chi connectivity index (χ2v) is 6.11. The number of aromatic amines is 1. The zero-order valence-corrected chi connectivity index (χ0v) is 13.5. The van der Waals surface area contributed by atoms with Gasteiger partial charge in [0.15, 0.2) is 0 Å². The largest absolute Gasteiger partial charge is 0.432 e. The van der Waals surface area contributed by atoms with Gasteiger partial charge in [0.05, 0.1) is 11.8 Å². The molecule has 2 aromatic rings. The Hall–Kier alpha value is -2.76. The zero-order valence-electron chi connectivity index (χ0n) is 13.5. The van der Waals surface area contributed by atoms with E-state index in [4.69, 9.17) is 5.26 Å². The molecule has 1 N–H and O–H groups in total. The zero-order chi connectivity index (χ0) is 18.2. The Morgan fingerprint density at radius 2 is 2.24 bits per heavy atom. The van der Waals surface area contributed by atoms with Crippen molar-refractivity contribution in [3.8, 4) is 6.07 Å². The first-order valence-corrected chi connectivity index (χ1v) is 7.77. The summed E-state index contributed by atoms with van der Waals surface area (Å²) >= 11 is 0. The first-order valence-electron chi connectivity index (χ1n) is 7.77. The molecule has 2 aromatic heterocycles. The number of rotatable bonds is 2. The van der Waals surface area contributed by atoms with E-state index in [0.717, 1.165) is 6.20 Å². The van der Waals surface area contributed by atoms with E-state index in [1.165, 1.54) is 6.07 Å². The SMILES string of the molecule is Cn1cc(C#N)cc1C(=O)N1CCC[C@@H](c2ncc(C(F)(F)F)[nH]2)C1. The molecule has 1 amide bonds. The third kappa shape index (κ3) is 3.38. The highest BCUT2D eigenvalue weighted by atomic mass is 19.4. The molecule has 132 valence electrons. The highest BCUT2D eigenvalue weighted by Gasteiger charge is 2.35. The topological polar surface area (TPSA) is 77.7 Å². The van der Waals surface area contributed by atoms with Gasteiger partial charge in [0.1, 0.15) is 23.3 Å². The van der Waals surface area contributed by atoms with Crippen LogP contribution >= 0.6 is 0 Å². The second-order valence-electron chi connectivity index (χ2n) is 6.11. The Labute approximate surface area is 141 Å². The third-order valence-electron chi connectivity index (χ3n) is 4.35. The number of aryl methyl sites for hydroxylation is 1. The molecule has 0 unspecified atom stereocenters. The van der Waals surface area contributed by atoms with Crippen molar-refractivity contribution in [1.82, 2.24) is 19.4 Å². The number of nitriles is 1. The fourth-order valence-corrected chi connectivity index (χ4v) is 3.07. The van der Waals surface area contributed by atoms with Gasteiger partial charge in [-0.25, -0.2) is 4.98 Å². The van der Waals surface area contributed by atoms with E-state index >= 15 is 0 Å². The molecule has 1 atom stereocenters. The predicted octanol–water partition coefficient (Wildman–Crippen LogP) is 2.66. The number of nitrogens with one attached hydrogen (secondary N) is 1. The van der Waals surface area contributed by atoms with Crippen LogP contribution < -0.4 is 0 Å². The molecule has 0 aliphatic carbocycles. The van der Waals surface area contributed by atoms with E-state index < -0.39 is 11.9 Å². The number of hydrogen-bond donors (Lipinski definition) is 1. The second kappa shape index (κ2) is 6.27. The van der Waals surface area contributed by atoms with Crippen LogP contribution in [0.25, 0.3) is 0 Å². The first-order chi connectivity index (χ1) is 11.8. The van der Waals surface area contributed by atoms with Gasteiger partial charge < -0.3 is 14.5 Å². The van der Waals surface area contributed by atoms with Crippen molar-refractivity contribution in [2.45, 2.75) is 24.9 Å². The van der Waals surface area contributed by atoms with E-state index in [1.807, 2.05) is 6.07 Å². The van der Waals surface area contributed by atoms with Gasteiger partial charge in [-0.05, 0) is 18.9 Å². The van der Waals surface area contributed by atoms with Gasteiger partial charge in [0.25, 0.3) is 5.91 Å². The number of carbonyl (C=O) groups is 1. The van der Waals surface area contributed by atoms with Gasteiger partial charge in [0, 0.05) is 32.3 Å².